The van der Waals surface area contributed by atoms with Gasteiger partial charge in [-0.05, 0) is 86.9 Å². The van der Waals surface area contributed by atoms with E-state index in [-0.39, 0.29) is 12.1 Å². The van der Waals surface area contributed by atoms with E-state index in [1.54, 1.807) is 7.11 Å². The molecule has 2 atom stereocenters. The smallest absolute Gasteiger partial charge is 0.174 e. The Morgan fingerprint density at radius 2 is 1.81 bits per heavy atom. The molecule has 1 aliphatic carbocycles. The molecule has 0 radical (unpaired) electrons. The number of benzene rings is 1. The van der Waals surface area contributed by atoms with Gasteiger partial charge in [0, 0.05) is 29.3 Å². The number of rotatable bonds is 5. The van der Waals surface area contributed by atoms with Gasteiger partial charge < -0.3 is 19.5 Å². The normalized spacial score (nSPS) is 21.2. The van der Waals surface area contributed by atoms with Crippen LogP contribution in [0.1, 0.15) is 66.5 Å². The van der Waals surface area contributed by atoms with E-state index in [0.717, 1.165) is 22.2 Å². The summed E-state index contributed by atoms with van der Waals surface area (Å²) in [5.74, 6) is 0.837. The van der Waals surface area contributed by atoms with Crippen molar-refractivity contribution in [3.05, 3.63) is 77.4 Å². The molecule has 1 N–H and O–H groups in total. The van der Waals surface area contributed by atoms with E-state index in [1.807, 2.05) is 30.5 Å². The summed E-state index contributed by atoms with van der Waals surface area (Å²) in [4.78, 5) is 6.93. The van der Waals surface area contributed by atoms with Crippen LogP contribution in [-0.2, 0) is 0 Å². The summed E-state index contributed by atoms with van der Waals surface area (Å²) in [5, 5.41) is 4.30. The number of aromatic nitrogens is 2. The third kappa shape index (κ3) is 3.56. The molecule has 1 saturated carbocycles. The molecule has 2 fully saturated rings. The standard InChI is InChI=1S/C26H30N4OS/c1-17-16-22(18(2)29(17)19-8-4-5-9-19)25-24(23-10-6-7-15-27-23)28-26(32)30(25)20-11-13-21(31-3)14-12-20/h6-7,10-16,19,24-25H,4-5,8-9H2,1-3H3,(H,28,32)/t24-,25-/m1/s1. The van der Waals surface area contributed by atoms with Crippen molar-refractivity contribution < 1.29 is 4.74 Å². The van der Waals surface area contributed by atoms with Gasteiger partial charge in [-0.3, -0.25) is 4.98 Å². The van der Waals surface area contributed by atoms with Gasteiger partial charge in [-0.25, -0.2) is 0 Å². The third-order valence-electron chi connectivity index (χ3n) is 6.98. The summed E-state index contributed by atoms with van der Waals surface area (Å²) < 4.78 is 7.94. The van der Waals surface area contributed by atoms with Crippen LogP contribution >= 0.6 is 12.2 Å². The summed E-state index contributed by atoms with van der Waals surface area (Å²) in [6, 6.07) is 17.2. The Kier molecular flexibility index (Phi) is 5.64. The number of pyridine rings is 1. The summed E-state index contributed by atoms with van der Waals surface area (Å²) in [6.45, 7) is 4.51. The number of aryl methyl sites for hydroxylation is 1. The molecule has 2 aromatic heterocycles. The van der Waals surface area contributed by atoms with Crippen LogP contribution in [0.3, 0.4) is 0 Å². The molecule has 6 heteroatoms. The summed E-state index contributed by atoms with van der Waals surface area (Å²) in [5.41, 5.74) is 6.04. The maximum atomic E-state index is 5.88. The van der Waals surface area contributed by atoms with E-state index < -0.39 is 0 Å². The minimum absolute atomic E-state index is 0.0205. The highest BCUT2D eigenvalue weighted by Gasteiger charge is 2.42. The number of nitrogens with zero attached hydrogens (tertiary/aromatic N) is 3. The Morgan fingerprint density at radius 1 is 1.06 bits per heavy atom. The Morgan fingerprint density at radius 3 is 2.47 bits per heavy atom. The van der Waals surface area contributed by atoms with Crippen LogP contribution < -0.4 is 15.0 Å². The second kappa shape index (κ2) is 8.58. The molecule has 1 aromatic carbocycles. The molecule has 5 rings (SSSR count). The minimum Gasteiger partial charge on any atom is -0.497 e. The first-order chi connectivity index (χ1) is 15.6. The first kappa shape index (κ1) is 21.0. The molecular formula is C26H30N4OS. The van der Waals surface area contributed by atoms with Gasteiger partial charge in [-0.1, -0.05) is 18.9 Å². The van der Waals surface area contributed by atoms with Gasteiger partial charge >= 0.3 is 0 Å². The number of hydrogen-bond donors (Lipinski definition) is 1. The second-order valence-electron chi connectivity index (χ2n) is 8.83. The SMILES string of the molecule is COc1ccc(N2C(=S)N[C@H](c3ccccn3)[C@H]2c2cc(C)n(C3CCCC3)c2C)cc1. The van der Waals surface area contributed by atoms with Gasteiger partial charge in [0.25, 0.3) is 0 Å². The molecule has 1 aliphatic heterocycles. The van der Waals surface area contributed by atoms with Crippen LogP contribution in [0.25, 0.3) is 0 Å². The summed E-state index contributed by atoms with van der Waals surface area (Å²) in [6.07, 6.45) is 7.03. The Hall–Kier alpha value is -2.86. The highest BCUT2D eigenvalue weighted by molar-refractivity contribution is 7.80. The number of hydrogen-bond acceptors (Lipinski definition) is 3. The predicted octanol–water partition coefficient (Wildman–Crippen LogP) is 5.80. The molecule has 2 aliphatic rings. The number of thiocarbonyl (C=S) groups is 1. The fraction of sp³-hybridized carbons (Fsp3) is 0.385. The van der Waals surface area contributed by atoms with E-state index in [4.69, 9.17) is 17.0 Å². The average molecular weight is 447 g/mol. The topological polar surface area (TPSA) is 42.3 Å². The van der Waals surface area contributed by atoms with Crippen molar-refractivity contribution in [3.63, 3.8) is 0 Å². The zero-order valence-corrected chi connectivity index (χ0v) is 19.7. The molecule has 1 saturated heterocycles. The predicted molar refractivity (Wildman–Crippen MR) is 132 cm³/mol. The molecule has 3 heterocycles. The molecule has 32 heavy (non-hydrogen) atoms. The Labute approximate surface area is 195 Å². The van der Waals surface area contributed by atoms with E-state index in [9.17, 15) is 0 Å². The average Bonchev–Trinajstić information content (AvgIpc) is 3.52. The van der Waals surface area contributed by atoms with Crippen molar-refractivity contribution in [1.29, 1.82) is 0 Å². The van der Waals surface area contributed by atoms with Gasteiger partial charge in [0.05, 0.1) is 24.9 Å². The lowest BCUT2D eigenvalue weighted by atomic mass is 9.96. The van der Waals surface area contributed by atoms with Gasteiger partial charge in [0.15, 0.2) is 5.11 Å². The molecule has 3 aromatic rings. The third-order valence-corrected chi connectivity index (χ3v) is 7.30. The quantitative estimate of drug-likeness (QED) is 0.502. The number of nitrogens with one attached hydrogen (secondary N) is 1. The van der Waals surface area contributed by atoms with Crippen LogP contribution in [0.15, 0.2) is 54.7 Å². The zero-order chi connectivity index (χ0) is 22.2. The monoisotopic (exact) mass is 446 g/mol. The molecule has 0 unspecified atom stereocenters. The van der Waals surface area contributed by atoms with Crippen LogP contribution in [0, 0.1) is 13.8 Å². The van der Waals surface area contributed by atoms with Gasteiger partial charge in [-0.2, -0.15) is 0 Å². The summed E-state index contributed by atoms with van der Waals surface area (Å²) in [7, 11) is 1.69. The van der Waals surface area contributed by atoms with Crippen molar-refractivity contribution in [2.24, 2.45) is 0 Å². The van der Waals surface area contributed by atoms with Crippen molar-refractivity contribution in [2.75, 3.05) is 12.0 Å². The fourth-order valence-corrected chi connectivity index (χ4v) is 5.86. The van der Waals surface area contributed by atoms with Gasteiger partial charge in [-0.15, -0.1) is 0 Å². The van der Waals surface area contributed by atoms with E-state index in [1.165, 1.54) is 42.6 Å². The highest BCUT2D eigenvalue weighted by Crippen LogP contribution is 2.45. The number of ether oxygens (including phenoxy) is 1. The van der Waals surface area contributed by atoms with Crippen molar-refractivity contribution in [1.82, 2.24) is 14.9 Å². The van der Waals surface area contributed by atoms with E-state index in [2.05, 4.69) is 57.9 Å². The van der Waals surface area contributed by atoms with Crippen LogP contribution in [0.5, 0.6) is 5.75 Å². The lowest BCUT2D eigenvalue weighted by molar-refractivity contribution is 0.415. The lowest BCUT2D eigenvalue weighted by Gasteiger charge is -2.28. The van der Waals surface area contributed by atoms with Gasteiger partial charge in [0.1, 0.15) is 5.75 Å². The molecule has 5 nitrogen and oxygen atoms in total. The van der Waals surface area contributed by atoms with Crippen molar-refractivity contribution in [3.8, 4) is 5.75 Å². The Balaban J connectivity index is 1.63. The summed E-state index contributed by atoms with van der Waals surface area (Å²) >= 11 is 5.88. The minimum atomic E-state index is -0.0247. The van der Waals surface area contributed by atoms with Crippen molar-refractivity contribution in [2.45, 2.75) is 57.7 Å². The van der Waals surface area contributed by atoms with Gasteiger partial charge in [0.2, 0.25) is 0 Å². The maximum absolute atomic E-state index is 5.88. The first-order valence-electron chi connectivity index (χ1n) is 11.4. The van der Waals surface area contributed by atoms with Crippen LogP contribution in [-0.4, -0.2) is 21.8 Å². The van der Waals surface area contributed by atoms with Crippen LogP contribution in [0.2, 0.25) is 0 Å². The number of methoxy groups -OCH3 is 1. The lowest BCUT2D eigenvalue weighted by Crippen LogP contribution is -2.29. The second-order valence-corrected chi connectivity index (χ2v) is 9.22. The van der Waals surface area contributed by atoms with E-state index >= 15 is 0 Å². The largest absolute Gasteiger partial charge is 0.497 e. The molecule has 0 amide bonds. The molecule has 166 valence electrons. The maximum Gasteiger partial charge on any atom is 0.174 e. The fourth-order valence-electron chi connectivity index (χ4n) is 5.52. The first-order valence-corrected chi connectivity index (χ1v) is 11.8. The highest BCUT2D eigenvalue weighted by atomic mass is 32.1. The molecular weight excluding hydrogens is 416 g/mol. The zero-order valence-electron chi connectivity index (χ0n) is 18.9. The Bertz CT molecular complexity index is 1100. The van der Waals surface area contributed by atoms with Crippen LogP contribution in [0.4, 0.5) is 5.69 Å². The van der Waals surface area contributed by atoms with E-state index in [0.29, 0.717) is 6.04 Å². The molecule has 0 spiro atoms. The number of anilines is 1. The molecule has 0 bridgehead atoms. The van der Waals surface area contributed by atoms with Crippen molar-refractivity contribution >= 4 is 23.0 Å².